The van der Waals surface area contributed by atoms with Crippen LogP contribution in [0, 0.1) is 6.92 Å². The highest BCUT2D eigenvalue weighted by Gasteiger charge is 2.22. The summed E-state index contributed by atoms with van der Waals surface area (Å²) in [5.41, 5.74) is 3.02. The Bertz CT molecular complexity index is 1290. The summed E-state index contributed by atoms with van der Waals surface area (Å²) in [6.07, 6.45) is 3.04. The molecule has 0 spiro atoms. The summed E-state index contributed by atoms with van der Waals surface area (Å²) < 4.78 is 24.9. The van der Waals surface area contributed by atoms with Gasteiger partial charge in [0.1, 0.15) is 0 Å². The molecule has 0 radical (unpaired) electrons. The quantitative estimate of drug-likeness (QED) is 0.379. The standard InChI is InChI=1S/C26H31N3O4S/c1-4-5-10-24(25(30)17-27-34(3,32)33)29-26(31)23-14-13-21(15-18(23)2)28-22-12-11-19-8-6-7-9-20(19)16-22/h6-9,11-16,24,27-28H,4-5,10,17H2,1-3H3,(H,29,31). The molecular weight excluding hydrogens is 450 g/mol. The Hall–Kier alpha value is -3.23. The van der Waals surface area contributed by atoms with Crippen LogP contribution in [0.15, 0.2) is 60.7 Å². The Labute approximate surface area is 201 Å². The van der Waals surface area contributed by atoms with Crippen molar-refractivity contribution in [3.8, 4) is 0 Å². The summed E-state index contributed by atoms with van der Waals surface area (Å²) >= 11 is 0. The third-order valence-electron chi connectivity index (χ3n) is 5.56. The highest BCUT2D eigenvalue weighted by Crippen LogP contribution is 2.24. The lowest BCUT2D eigenvalue weighted by molar-refractivity contribution is -0.120. The molecule has 0 heterocycles. The average molecular weight is 482 g/mol. The van der Waals surface area contributed by atoms with Gasteiger partial charge in [-0.05, 0) is 60.0 Å². The average Bonchev–Trinajstić information content (AvgIpc) is 2.79. The first-order valence-corrected chi connectivity index (χ1v) is 13.2. The predicted molar refractivity (Wildman–Crippen MR) is 137 cm³/mol. The Kier molecular flexibility index (Phi) is 8.41. The van der Waals surface area contributed by atoms with Crippen LogP contribution in [0.4, 0.5) is 11.4 Å². The number of carbonyl (C=O) groups is 2. The summed E-state index contributed by atoms with van der Waals surface area (Å²) in [6.45, 7) is 3.49. The van der Waals surface area contributed by atoms with Crippen molar-refractivity contribution in [2.24, 2.45) is 0 Å². The first-order chi connectivity index (χ1) is 16.2. The molecule has 0 fully saturated rings. The second kappa shape index (κ2) is 11.3. The monoisotopic (exact) mass is 481 g/mol. The van der Waals surface area contributed by atoms with Crippen molar-refractivity contribution in [1.82, 2.24) is 10.0 Å². The molecule has 0 aliphatic rings. The number of Topliss-reactive ketones (excluding diaryl/α,β-unsaturated/α-hetero) is 1. The number of hydrogen-bond acceptors (Lipinski definition) is 5. The molecule has 1 amide bonds. The van der Waals surface area contributed by atoms with Crippen LogP contribution in [0.3, 0.4) is 0 Å². The molecule has 7 nitrogen and oxygen atoms in total. The SMILES string of the molecule is CCCCC(NC(=O)c1ccc(Nc2ccc3ccccc3c2)cc1C)C(=O)CNS(C)(=O)=O. The van der Waals surface area contributed by atoms with Crippen molar-refractivity contribution in [3.63, 3.8) is 0 Å². The van der Waals surface area contributed by atoms with Crippen LogP contribution in [0.25, 0.3) is 10.8 Å². The van der Waals surface area contributed by atoms with Crippen molar-refractivity contribution < 1.29 is 18.0 Å². The molecule has 34 heavy (non-hydrogen) atoms. The molecule has 1 atom stereocenters. The summed E-state index contributed by atoms with van der Waals surface area (Å²) in [6, 6.07) is 18.9. The Balaban J connectivity index is 1.71. The molecule has 3 rings (SSSR count). The molecule has 180 valence electrons. The molecule has 3 aromatic carbocycles. The van der Waals surface area contributed by atoms with Gasteiger partial charge in [-0.3, -0.25) is 9.59 Å². The van der Waals surface area contributed by atoms with E-state index in [1.807, 2.05) is 44.2 Å². The van der Waals surface area contributed by atoms with Crippen LogP contribution in [-0.2, 0) is 14.8 Å². The number of rotatable bonds is 11. The Morgan fingerprint density at radius 3 is 2.29 bits per heavy atom. The molecule has 8 heteroatoms. The van der Waals surface area contributed by atoms with E-state index in [1.54, 1.807) is 6.07 Å². The van der Waals surface area contributed by atoms with E-state index in [1.165, 1.54) is 0 Å². The van der Waals surface area contributed by atoms with E-state index in [9.17, 15) is 18.0 Å². The molecule has 0 saturated carbocycles. The van der Waals surface area contributed by atoms with Crippen molar-refractivity contribution >= 4 is 43.9 Å². The maximum atomic E-state index is 12.9. The number of amides is 1. The van der Waals surface area contributed by atoms with E-state index in [-0.39, 0.29) is 18.2 Å². The number of fused-ring (bicyclic) bond motifs is 1. The van der Waals surface area contributed by atoms with Gasteiger partial charge in [-0.15, -0.1) is 0 Å². The summed E-state index contributed by atoms with van der Waals surface area (Å²) in [5.74, 6) is -0.719. The Morgan fingerprint density at radius 1 is 0.941 bits per heavy atom. The minimum absolute atomic E-state index is 0.346. The van der Waals surface area contributed by atoms with Crippen LogP contribution in [0.5, 0.6) is 0 Å². The lowest BCUT2D eigenvalue weighted by Crippen LogP contribution is -2.45. The van der Waals surface area contributed by atoms with Gasteiger partial charge in [0.25, 0.3) is 5.91 Å². The lowest BCUT2D eigenvalue weighted by Gasteiger charge is -2.19. The van der Waals surface area contributed by atoms with E-state index < -0.39 is 16.1 Å². The smallest absolute Gasteiger partial charge is 0.252 e. The maximum Gasteiger partial charge on any atom is 0.252 e. The number of ketones is 1. The zero-order valence-electron chi connectivity index (χ0n) is 19.7. The van der Waals surface area contributed by atoms with Gasteiger partial charge in [-0.25, -0.2) is 13.1 Å². The third kappa shape index (κ3) is 7.13. The van der Waals surface area contributed by atoms with E-state index in [4.69, 9.17) is 0 Å². The number of hydrogen-bond donors (Lipinski definition) is 3. The van der Waals surface area contributed by atoms with Gasteiger partial charge in [0.15, 0.2) is 5.78 Å². The van der Waals surface area contributed by atoms with E-state index in [0.29, 0.717) is 12.0 Å². The minimum Gasteiger partial charge on any atom is -0.356 e. The lowest BCUT2D eigenvalue weighted by atomic mass is 10.0. The second-order valence-electron chi connectivity index (χ2n) is 8.44. The first-order valence-electron chi connectivity index (χ1n) is 11.3. The number of unbranched alkanes of at least 4 members (excludes halogenated alkanes) is 1. The van der Waals surface area contributed by atoms with Crippen molar-refractivity contribution in [1.29, 1.82) is 0 Å². The number of benzene rings is 3. The molecule has 0 bridgehead atoms. The molecular formula is C26H31N3O4S. The van der Waals surface area contributed by atoms with Crippen LogP contribution >= 0.6 is 0 Å². The fourth-order valence-corrected chi connectivity index (χ4v) is 4.12. The van der Waals surface area contributed by atoms with Crippen molar-refractivity contribution in [3.05, 3.63) is 71.8 Å². The highest BCUT2D eigenvalue weighted by atomic mass is 32.2. The largest absolute Gasteiger partial charge is 0.356 e. The fraction of sp³-hybridized carbons (Fsp3) is 0.308. The normalized spacial score (nSPS) is 12.3. The summed E-state index contributed by atoms with van der Waals surface area (Å²) in [5, 5.41) is 8.46. The second-order valence-corrected chi connectivity index (χ2v) is 10.3. The molecule has 0 aliphatic carbocycles. The van der Waals surface area contributed by atoms with Gasteiger partial charge in [0.05, 0.1) is 18.8 Å². The van der Waals surface area contributed by atoms with Gasteiger partial charge in [0.2, 0.25) is 10.0 Å². The molecule has 0 saturated heterocycles. The minimum atomic E-state index is -3.49. The summed E-state index contributed by atoms with van der Waals surface area (Å²) in [7, 11) is -3.49. The number of nitrogens with one attached hydrogen (secondary N) is 3. The topological polar surface area (TPSA) is 104 Å². The fourth-order valence-electron chi connectivity index (χ4n) is 3.71. The van der Waals surface area contributed by atoms with E-state index in [0.717, 1.165) is 46.8 Å². The number of carbonyl (C=O) groups excluding carboxylic acids is 2. The predicted octanol–water partition coefficient (Wildman–Crippen LogP) is 4.30. The summed E-state index contributed by atoms with van der Waals surface area (Å²) in [4.78, 5) is 25.5. The maximum absolute atomic E-state index is 12.9. The first kappa shape index (κ1) is 25.4. The molecule has 0 aromatic heterocycles. The van der Waals surface area contributed by atoms with Gasteiger partial charge in [-0.1, -0.05) is 50.1 Å². The Morgan fingerprint density at radius 2 is 1.62 bits per heavy atom. The molecule has 1 unspecified atom stereocenters. The van der Waals surface area contributed by atoms with Crippen LogP contribution in [0.2, 0.25) is 0 Å². The highest BCUT2D eigenvalue weighted by molar-refractivity contribution is 7.88. The number of anilines is 2. The van der Waals surface area contributed by atoms with Gasteiger partial charge in [0, 0.05) is 16.9 Å². The van der Waals surface area contributed by atoms with Crippen LogP contribution < -0.4 is 15.4 Å². The van der Waals surface area contributed by atoms with Crippen molar-refractivity contribution in [2.75, 3.05) is 18.1 Å². The van der Waals surface area contributed by atoms with E-state index in [2.05, 4.69) is 39.6 Å². The van der Waals surface area contributed by atoms with Gasteiger partial charge >= 0.3 is 0 Å². The van der Waals surface area contributed by atoms with Crippen LogP contribution in [0.1, 0.15) is 42.1 Å². The van der Waals surface area contributed by atoms with Gasteiger partial charge in [-0.2, -0.15) is 0 Å². The molecule has 3 N–H and O–H groups in total. The molecule has 0 aliphatic heterocycles. The molecule has 3 aromatic rings. The van der Waals surface area contributed by atoms with Crippen molar-refractivity contribution in [2.45, 2.75) is 39.2 Å². The van der Waals surface area contributed by atoms with Crippen LogP contribution in [-0.4, -0.2) is 39.0 Å². The number of sulfonamides is 1. The third-order valence-corrected chi connectivity index (χ3v) is 6.23. The number of aryl methyl sites for hydroxylation is 1. The van der Waals surface area contributed by atoms with E-state index >= 15 is 0 Å². The zero-order valence-corrected chi connectivity index (χ0v) is 20.5. The van der Waals surface area contributed by atoms with Gasteiger partial charge < -0.3 is 10.6 Å². The zero-order chi connectivity index (χ0) is 24.7.